The fourth-order valence-electron chi connectivity index (χ4n) is 1.68. The van der Waals surface area contributed by atoms with E-state index in [0.717, 1.165) is 4.31 Å². The fraction of sp³-hybridized carbons (Fsp3) is 0.167. The predicted octanol–water partition coefficient (Wildman–Crippen LogP) is 0.729. The molecule has 2 rings (SSSR count). The van der Waals surface area contributed by atoms with E-state index in [1.165, 1.54) is 23.5 Å². The Morgan fingerprint density at radius 2 is 2.30 bits per heavy atom. The minimum absolute atomic E-state index is 0.0822. The first-order valence-corrected chi connectivity index (χ1v) is 7.90. The molecule has 0 amide bonds. The third-order valence-corrected chi connectivity index (χ3v) is 4.75. The van der Waals surface area contributed by atoms with Gasteiger partial charge < -0.3 is 5.11 Å². The number of thiophene rings is 1. The van der Waals surface area contributed by atoms with Crippen molar-refractivity contribution in [3.8, 4) is 0 Å². The third kappa shape index (κ3) is 2.72. The van der Waals surface area contributed by atoms with Crippen LogP contribution in [0.2, 0.25) is 0 Å². The van der Waals surface area contributed by atoms with Crippen molar-refractivity contribution in [1.29, 1.82) is 0 Å². The zero-order valence-electron chi connectivity index (χ0n) is 10.4. The molecule has 6 nitrogen and oxygen atoms in total. The molecule has 8 heteroatoms. The molecule has 0 atom stereocenters. The van der Waals surface area contributed by atoms with Gasteiger partial charge in [-0.05, 0) is 17.5 Å². The average molecular weight is 312 g/mol. The van der Waals surface area contributed by atoms with Gasteiger partial charge in [0.2, 0.25) is 5.78 Å². The van der Waals surface area contributed by atoms with Gasteiger partial charge in [0.25, 0.3) is 0 Å². The van der Waals surface area contributed by atoms with Crippen LogP contribution in [-0.2, 0) is 15.0 Å². The molecule has 1 aromatic heterocycles. The van der Waals surface area contributed by atoms with Gasteiger partial charge >= 0.3 is 10.2 Å². The number of nitrogens with zero attached hydrogens (tertiary/aromatic N) is 2. The highest BCUT2D eigenvalue weighted by Gasteiger charge is 2.31. The van der Waals surface area contributed by atoms with E-state index < -0.39 is 22.6 Å². The highest BCUT2D eigenvalue weighted by atomic mass is 32.2. The summed E-state index contributed by atoms with van der Waals surface area (Å²) in [6.07, 6.45) is 2.72. The van der Waals surface area contributed by atoms with Gasteiger partial charge in [-0.1, -0.05) is 12.1 Å². The average Bonchev–Trinajstić information content (AvgIpc) is 2.93. The summed E-state index contributed by atoms with van der Waals surface area (Å²) >= 11 is 1.31. The van der Waals surface area contributed by atoms with Gasteiger partial charge in [0, 0.05) is 0 Å². The minimum atomic E-state index is -4.01. The van der Waals surface area contributed by atoms with Gasteiger partial charge in [0.1, 0.15) is 12.3 Å². The van der Waals surface area contributed by atoms with E-state index in [1.54, 1.807) is 17.5 Å². The highest BCUT2D eigenvalue weighted by Crippen LogP contribution is 2.23. The number of hydrogen-bond donors (Lipinski definition) is 1. The van der Waals surface area contributed by atoms with E-state index in [9.17, 15) is 13.2 Å². The quantitative estimate of drug-likeness (QED) is 0.812. The number of aliphatic hydroxyl groups is 1. The van der Waals surface area contributed by atoms with E-state index in [4.69, 9.17) is 5.11 Å². The van der Waals surface area contributed by atoms with Crippen LogP contribution in [0, 0.1) is 0 Å². The maximum atomic E-state index is 12.1. The standard InChI is InChI=1S/C12H12N2O4S2/c1-2-5-14-10(11(16)8-15)7-9(13-20(14,17)18)12-4-3-6-19-12/h2-4,6-7,15H,1,5,8H2. The van der Waals surface area contributed by atoms with Crippen LogP contribution in [0.5, 0.6) is 0 Å². The van der Waals surface area contributed by atoms with Crippen molar-refractivity contribution < 1.29 is 18.3 Å². The smallest absolute Gasteiger partial charge is 0.345 e. The summed E-state index contributed by atoms with van der Waals surface area (Å²) in [7, 11) is -4.01. The Labute approximate surface area is 120 Å². The first kappa shape index (κ1) is 14.6. The molecule has 20 heavy (non-hydrogen) atoms. The third-order valence-electron chi connectivity index (χ3n) is 2.53. The first-order chi connectivity index (χ1) is 9.49. The van der Waals surface area contributed by atoms with Crippen LogP contribution in [0.15, 0.2) is 46.3 Å². The number of ketones is 1. The molecule has 1 N–H and O–H groups in total. The lowest BCUT2D eigenvalue weighted by Gasteiger charge is -2.25. The Balaban J connectivity index is 2.56. The van der Waals surface area contributed by atoms with Crippen molar-refractivity contribution in [2.75, 3.05) is 13.2 Å². The molecule has 0 aromatic carbocycles. The Hall–Kier alpha value is -1.77. The normalized spacial score (nSPS) is 17.4. The number of carbonyl (C=O) groups is 1. The molecule has 1 aromatic rings. The number of rotatable bonds is 5. The highest BCUT2D eigenvalue weighted by molar-refractivity contribution is 7.88. The van der Waals surface area contributed by atoms with Crippen LogP contribution in [0.1, 0.15) is 4.88 Å². The van der Waals surface area contributed by atoms with Crippen molar-refractivity contribution in [1.82, 2.24) is 4.31 Å². The molecular weight excluding hydrogens is 300 g/mol. The maximum Gasteiger partial charge on any atom is 0.345 e. The first-order valence-electron chi connectivity index (χ1n) is 5.62. The van der Waals surface area contributed by atoms with Crippen molar-refractivity contribution in [2.24, 2.45) is 4.40 Å². The lowest BCUT2D eigenvalue weighted by Crippen LogP contribution is -2.37. The summed E-state index contributed by atoms with van der Waals surface area (Å²) in [5.74, 6) is -0.681. The minimum Gasteiger partial charge on any atom is -0.388 e. The van der Waals surface area contributed by atoms with Gasteiger partial charge in [-0.25, -0.2) is 4.31 Å². The molecule has 2 heterocycles. The second-order valence-corrected chi connectivity index (χ2v) is 6.33. The summed E-state index contributed by atoms with van der Waals surface area (Å²) in [5, 5.41) is 10.8. The Kier molecular flexibility index (Phi) is 4.17. The van der Waals surface area contributed by atoms with Crippen molar-refractivity contribution in [2.45, 2.75) is 0 Å². The molecule has 1 aliphatic heterocycles. The van der Waals surface area contributed by atoms with Gasteiger partial charge in [-0.2, -0.15) is 8.42 Å². The Morgan fingerprint density at radius 3 is 2.85 bits per heavy atom. The topological polar surface area (TPSA) is 87.0 Å². The van der Waals surface area contributed by atoms with E-state index in [-0.39, 0.29) is 18.0 Å². The molecular formula is C12H12N2O4S2. The second-order valence-electron chi connectivity index (χ2n) is 3.86. The zero-order valence-corrected chi connectivity index (χ0v) is 12.0. The van der Waals surface area contributed by atoms with Crippen LogP contribution in [0.25, 0.3) is 0 Å². The van der Waals surface area contributed by atoms with Gasteiger partial charge in [0.15, 0.2) is 0 Å². The molecule has 0 radical (unpaired) electrons. The number of allylic oxidation sites excluding steroid dienone is 1. The molecule has 0 saturated carbocycles. The number of carbonyl (C=O) groups excluding carboxylic acids is 1. The van der Waals surface area contributed by atoms with E-state index in [0.29, 0.717) is 4.88 Å². The summed E-state index contributed by atoms with van der Waals surface area (Å²) in [5.41, 5.74) is 0.0860. The van der Waals surface area contributed by atoms with Crippen molar-refractivity contribution >= 4 is 33.0 Å². The van der Waals surface area contributed by atoms with Crippen LogP contribution in [-0.4, -0.2) is 42.5 Å². The molecule has 0 saturated heterocycles. The summed E-state index contributed by atoms with van der Waals surface area (Å²) in [4.78, 5) is 12.4. The molecule has 0 fully saturated rings. The summed E-state index contributed by atoms with van der Waals surface area (Å²) < 4.78 is 28.8. The van der Waals surface area contributed by atoms with Crippen molar-refractivity contribution in [3.63, 3.8) is 0 Å². The molecule has 0 spiro atoms. The Morgan fingerprint density at radius 1 is 1.55 bits per heavy atom. The van der Waals surface area contributed by atoms with Crippen LogP contribution < -0.4 is 0 Å². The summed E-state index contributed by atoms with van der Waals surface area (Å²) in [6.45, 7) is 2.60. The number of aliphatic hydroxyl groups excluding tert-OH is 1. The molecule has 106 valence electrons. The largest absolute Gasteiger partial charge is 0.388 e. The van der Waals surface area contributed by atoms with E-state index in [2.05, 4.69) is 11.0 Å². The molecule has 0 unspecified atom stereocenters. The molecule has 0 bridgehead atoms. The molecule has 0 aliphatic carbocycles. The van der Waals surface area contributed by atoms with E-state index in [1.807, 2.05) is 0 Å². The molecule has 1 aliphatic rings. The van der Waals surface area contributed by atoms with Crippen LogP contribution in [0.3, 0.4) is 0 Å². The van der Waals surface area contributed by atoms with Crippen LogP contribution >= 0.6 is 11.3 Å². The maximum absolute atomic E-state index is 12.1. The number of hydrogen-bond acceptors (Lipinski definition) is 5. The predicted molar refractivity (Wildman–Crippen MR) is 76.9 cm³/mol. The van der Waals surface area contributed by atoms with Crippen molar-refractivity contribution in [3.05, 3.63) is 46.8 Å². The second kappa shape index (κ2) is 5.70. The van der Waals surface area contributed by atoms with Gasteiger partial charge in [-0.3, -0.25) is 4.79 Å². The Bertz CT molecular complexity index is 687. The monoisotopic (exact) mass is 312 g/mol. The van der Waals surface area contributed by atoms with Crippen LogP contribution in [0.4, 0.5) is 0 Å². The summed E-state index contributed by atoms with van der Waals surface area (Å²) in [6, 6.07) is 3.46. The number of Topliss-reactive ketones (excluding diaryl/α,β-unsaturated/α-hetero) is 1. The lowest BCUT2D eigenvalue weighted by atomic mass is 10.2. The fourth-order valence-corrected chi connectivity index (χ4v) is 3.62. The SMILES string of the molecule is C=CCN1C(C(=O)CO)=CC(c2cccs2)=NS1(=O)=O. The van der Waals surface area contributed by atoms with E-state index >= 15 is 0 Å². The lowest BCUT2D eigenvalue weighted by molar-refractivity contribution is -0.119. The van der Waals surface area contributed by atoms with Gasteiger partial charge in [0.05, 0.1) is 17.1 Å². The zero-order chi connectivity index (χ0) is 14.8. The van der Waals surface area contributed by atoms with Gasteiger partial charge in [-0.15, -0.1) is 22.3 Å².